The molecule has 0 bridgehead atoms. The average Bonchev–Trinajstić information content (AvgIpc) is 3.17. The van der Waals surface area contributed by atoms with Gasteiger partial charge in [0.05, 0.1) is 25.9 Å². The van der Waals surface area contributed by atoms with Gasteiger partial charge in [-0.05, 0) is 23.6 Å². The van der Waals surface area contributed by atoms with Crippen LogP contribution in [0.3, 0.4) is 0 Å². The summed E-state index contributed by atoms with van der Waals surface area (Å²) in [5.41, 5.74) is 0.885. The Kier molecular flexibility index (Phi) is 6.68. The largest absolute Gasteiger partial charge is 0.382 e. The summed E-state index contributed by atoms with van der Waals surface area (Å²) >= 11 is 0. The second kappa shape index (κ2) is 8.99. The lowest BCUT2D eigenvalue weighted by atomic mass is 9.89. The van der Waals surface area contributed by atoms with Crippen LogP contribution in [0, 0.1) is 17.7 Å². The number of nitrogens with zero attached hydrogens (tertiary/aromatic N) is 3. The van der Waals surface area contributed by atoms with E-state index in [1.807, 2.05) is 11.0 Å². The zero-order chi connectivity index (χ0) is 19.4. The van der Waals surface area contributed by atoms with Crippen molar-refractivity contribution in [3.05, 3.63) is 35.6 Å². The van der Waals surface area contributed by atoms with Crippen LogP contribution in [0.25, 0.3) is 0 Å². The van der Waals surface area contributed by atoms with Gasteiger partial charge in [0.25, 0.3) is 0 Å². The van der Waals surface area contributed by atoms with Crippen molar-refractivity contribution in [3.8, 4) is 0 Å². The van der Waals surface area contributed by atoms with Gasteiger partial charge in [-0.2, -0.15) is 0 Å². The minimum atomic E-state index is -0.255. The Morgan fingerprint density at radius 1 is 1.22 bits per heavy atom. The third-order valence-corrected chi connectivity index (χ3v) is 5.54. The molecule has 0 radical (unpaired) electrons. The Labute approximate surface area is 160 Å². The predicted octanol–water partition coefficient (Wildman–Crippen LogP) is 2.08. The SMILES string of the molecule is COCCOCCN1C[C@@H]2CN(C(=O)N(C)C)[C@H](c3cccc(F)c3)[C@@H]2C1. The zero-order valence-corrected chi connectivity index (χ0v) is 16.4. The van der Waals surface area contributed by atoms with Crippen LogP contribution in [0.4, 0.5) is 9.18 Å². The van der Waals surface area contributed by atoms with Gasteiger partial charge in [0.2, 0.25) is 0 Å². The molecule has 150 valence electrons. The molecule has 1 aromatic rings. The number of carbonyl (C=O) groups is 1. The van der Waals surface area contributed by atoms with Crippen molar-refractivity contribution in [1.82, 2.24) is 14.7 Å². The molecule has 3 atom stereocenters. The van der Waals surface area contributed by atoms with Gasteiger partial charge in [0, 0.05) is 53.3 Å². The molecule has 0 aliphatic carbocycles. The van der Waals surface area contributed by atoms with Crippen molar-refractivity contribution in [2.24, 2.45) is 11.8 Å². The maximum absolute atomic E-state index is 13.8. The van der Waals surface area contributed by atoms with E-state index in [2.05, 4.69) is 4.90 Å². The number of rotatable bonds is 7. The summed E-state index contributed by atoms with van der Waals surface area (Å²) in [5.74, 6) is 0.463. The molecule has 27 heavy (non-hydrogen) atoms. The second-order valence-corrected chi connectivity index (χ2v) is 7.62. The summed E-state index contributed by atoms with van der Waals surface area (Å²) < 4.78 is 24.4. The number of urea groups is 1. The minimum absolute atomic E-state index is 0.00638. The maximum Gasteiger partial charge on any atom is 0.320 e. The molecule has 2 amide bonds. The number of hydrogen-bond acceptors (Lipinski definition) is 4. The van der Waals surface area contributed by atoms with E-state index < -0.39 is 0 Å². The summed E-state index contributed by atoms with van der Waals surface area (Å²) in [6.45, 7) is 5.31. The molecule has 6 nitrogen and oxygen atoms in total. The quantitative estimate of drug-likeness (QED) is 0.681. The smallest absolute Gasteiger partial charge is 0.320 e. The molecule has 0 N–H and O–H groups in total. The molecule has 0 saturated carbocycles. The maximum atomic E-state index is 13.8. The number of halogens is 1. The number of methoxy groups -OCH3 is 1. The van der Waals surface area contributed by atoms with E-state index in [0.29, 0.717) is 38.2 Å². The van der Waals surface area contributed by atoms with Crippen LogP contribution in [0.2, 0.25) is 0 Å². The molecule has 2 saturated heterocycles. The summed E-state index contributed by atoms with van der Waals surface area (Å²) in [5, 5.41) is 0. The van der Waals surface area contributed by atoms with E-state index in [1.165, 1.54) is 6.07 Å². The molecule has 1 aromatic carbocycles. The molecule has 0 spiro atoms. The fourth-order valence-corrected chi connectivity index (χ4v) is 4.33. The lowest BCUT2D eigenvalue weighted by Crippen LogP contribution is -2.41. The fourth-order valence-electron chi connectivity index (χ4n) is 4.33. The standard InChI is InChI=1S/C20H30FN3O3/c1-22(2)20(25)24-13-16-12-23(7-8-27-10-9-26-3)14-18(16)19(24)15-5-4-6-17(21)11-15/h4-6,11,16,18-19H,7-10,12-14H2,1-3H3/t16-,18-,19-/m1/s1. The van der Waals surface area contributed by atoms with E-state index in [4.69, 9.17) is 9.47 Å². The van der Waals surface area contributed by atoms with Crippen LogP contribution in [0.15, 0.2) is 24.3 Å². The number of ether oxygens (including phenoxy) is 2. The van der Waals surface area contributed by atoms with Gasteiger partial charge in [-0.3, -0.25) is 0 Å². The number of fused-ring (bicyclic) bond motifs is 1. The Morgan fingerprint density at radius 3 is 2.74 bits per heavy atom. The van der Waals surface area contributed by atoms with Crippen LogP contribution in [0.5, 0.6) is 0 Å². The average molecular weight is 379 g/mol. The lowest BCUT2D eigenvalue weighted by Gasteiger charge is -2.31. The van der Waals surface area contributed by atoms with E-state index in [1.54, 1.807) is 38.2 Å². The highest BCUT2D eigenvalue weighted by atomic mass is 19.1. The van der Waals surface area contributed by atoms with Gasteiger partial charge in [0.15, 0.2) is 0 Å². The van der Waals surface area contributed by atoms with Crippen molar-refractivity contribution in [3.63, 3.8) is 0 Å². The summed E-state index contributed by atoms with van der Waals surface area (Å²) in [4.78, 5) is 18.6. The van der Waals surface area contributed by atoms with E-state index >= 15 is 0 Å². The molecule has 0 unspecified atom stereocenters. The van der Waals surface area contributed by atoms with Crippen molar-refractivity contribution < 1.29 is 18.7 Å². The highest BCUT2D eigenvalue weighted by Gasteiger charge is 2.49. The topological polar surface area (TPSA) is 45.3 Å². The van der Waals surface area contributed by atoms with Gasteiger partial charge < -0.3 is 24.2 Å². The van der Waals surface area contributed by atoms with Crippen molar-refractivity contribution in [2.45, 2.75) is 6.04 Å². The first-order chi connectivity index (χ1) is 13.0. The number of benzene rings is 1. The molecule has 0 aromatic heterocycles. The first-order valence-electron chi connectivity index (χ1n) is 9.53. The van der Waals surface area contributed by atoms with Crippen LogP contribution in [-0.2, 0) is 9.47 Å². The Balaban J connectivity index is 1.69. The van der Waals surface area contributed by atoms with Crippen LogP contribution in [-0.4, -0.2) is 87.9 Å². The first kappa shape index (κ1) is 20.0. The number of amides is 2. The lowest BCUT2D eigenvalue weighted by molar-refractivity contribution is 0.0582. The highest BCUT2D eigenvalue weighted by molar-refractivity contribution is 5.75. The fraction of sp³-hybridized carbons (Fsp3) is 0.650. The number of carbonyl (C=O) groups excluding carboxylic acids is 1. The molecule has 7 heteroatoms. The number of likely N-dealkylation sites (tertiary alicyclic amines) is 2. The second-order valence-electron chi connectivity index (χ2n) is 7.62. The first-order valence-corrected chi connectivity index (χ1v) is 9.53. The Morgan fingerprint density at radius 2 is 2.04 bits per heavy atom. The summed E-state index contributed by atoms with van der Waals surface area (Å²) in [6.07, 6.45) is 0. The molecule has 2 heterocycles. The summed E-state index contributed by atoms with van der Waals surface area (Å²) in [7, 11) is 5.20. The zero-order valence-electron chi connectivity index (χ0n) is 16.4. The normalized spacial score (nSPS) is 25.0. The molecular weight excluding hydrogens is 349 g/mol. The molecule has 2 aliphatic heterocycles. The predicted molar refractivity (Wildman–Crippen MR) is 101 cm³/mol. The van der Waals surface area contributed by atoms with Crippen molar-refractivity contribution in [2.75, 3.05) is 67.2 Å². The van der Waals surface area contributed by atoms with Gasteiger partial charge in [0.1, 0.15) is 5.82 Å². The van der Waals surface area contributed by atoms with Gasteiger partial charge in [-0.15, -0.1) is 0 Å². The minimum Gasteiger partial charge on any atom is -0.382 e. The van der Waals surface area contributed by atoms with E-state index in [0.717, 1.165) is 25.2 Å². The van der Waals surface area contributed by atoms with E-state index in [9.17, 15) is 9.18 Å². The number of hydrogen-bond donors (Lipinski definition) is 0. The van der Waals surface area contributed by atoms with Crippen molar-refractivity contribution in [1.29, 1.82) is 0 Å². The van der Waals surface area contributed by atoms with Gasteiger partial charge in [-0.25, -0.2) is 9.18 Å². The Hall–Kier alpha value is -1.70. The third kappa shape index (κ3) is 4.59. The van der Waals surface area contributed by atoms with Gasteiger partial charge in [-0.1, -0.05) is 12.1 Å². The van der Waals surface area contributed by atoms with Crippen LogP contribution in [0.1, 0.15) is 11.6 Å². The molecule has 2 aliphatic rings. The molecular formula is C20H30FN3O3. The highest BCUT2D eigenvalue weighted by Crippen LogP contribution is 2.45. The van der Waals surface area contributed by atoms with Gasteiger partial charge >= 0.3 is 6.03 Å². The summed E-state index contributed by atoms with van der Waals surface area (Å²) in [6, 6.07) is 6.59. The third-order valence-electron chi connectivity index (χ3n) is 5.54. The monoisotopic (exact) mass is 379 g/mol. The van der Waals surface area contributed by atoms with E-state index in [-0.39, 0.29) is 17.9 Å². The van der Waals surface area contributed by atoms with Crippen molar-refractivity contribution >= 4 is 6.03 Å². The van der Waals surface area contributed by atoms with Crippen LogP contribution < -0.4 is 0 Å². The Bertz CT molecular complexity index is 643. The van der Waals surface area contributed by atoms with Crippen LogP contribution >= 0.6 is 0 Å². The molecule has 3 rings (SSSR count). The molecule has 2 fully saturated rings.